The summed E-state index contributed by atoms with van der Waals surface area (Å²) < 4.78 is 0. The van der Waals surface area contributed by atoms with Crippen LogP contribution in [0, 0.1) is 13.8 Å². The fourth-order valence-corrected chi connectivity index (χ4v) is 2.94. The predicted octanol–water partition coefficient (Wildman–Crippen LogP) is 4.05. The molecule has 2 aromatic rings. The molecular weight excluding hydrogens is 230 g/mol. The summed E-state index contributed by atoms with van der Waals surface area (Å²) in [6.07, 6.45) is 1.25. The molecule has 1 aliphatic rings. The van der Waals surface area contributed by atoms with Crippen LogP contribution in [0.4, 0.5) is 0 Å². The summed E-state index contributed by atoms with van der Waals surface area (Å²) in [5.74, 6) is 0.665. The average Bonchev–Trinajstić information content (AvgIpc) is 2.96. The van der Waals surface area contributed by atoms with Crippen LogP contribution in [-0.2, 0) is 0 Å². The van der Waals surface area contributed by atoms with E-state index in [0.29, 0.717) is 5.92 Å². The van der Waals surface area contributed by atoms with Crippen molar-refractivity contribution >= 4 is 0 Å². The lowest BCUT2D eigenvalue weighted by atomic mass is 9.89. The molecule has 2 aromatic carbocycles. The Morgan fingerprint density at radius 3 is 2.58 bits per heavy atom. The summed E-state index contributed by atoms with van der Waals surface area (Å²) in [7, 11) is 0. The second-order valence-electron chi connectivity index (χ2n) is 5.58. The highest BCUT2D eigenvalue weighted by molar-refractivity contribution is 5.69. The van der Waals surface area contributed by atoms with E-state index < -0.39 is 0 Å². The van der Waals surface area contributed by atoms with Gasteiger partial charge in [-0.05, 0) is 60.5 Å². The number of aryl methyl sites for hydroxylation is 2. The molecule has 0 bridgehead atoms. The molecule has 0 amide bonds. The maximum atomic E-state index is 3.47. The summed E-state index contributed by atoms with van der Waals surface area (Å²) in [5.41, 5.74) is 6.99. The van der Waals surface area contributed by atoms with Gasteiger partial charge in [0, 0.05) is 6.54 Å². The van der Waals surface area contributed by atoms with Gasteiger partial charge in [0.15, 0.2) is 0 Å². The molecule has 1 atom stereocenters. The maximum Gasteiger partial charge on any atom is 0.00208 e. The minimum absolute atomic E-state index is 0.665. The van der Waals surface area contributed by atoms with Crippen LogP contribution in [0.5, 0.6) is 0 Å². The first kappa shape index (κ1) is 12.4. The van der Waals surface area contributed by atoms with Gasteiger partial charge in [0.1, 0.15) is 0 Å². The van der Waals surface area contributed by atoms with E-state index in [0.717, 1.165) is 13.1 Å². The average molecular weight is 251 g/mol. The monoisotopic (exact) mass is 251 g/mol. The molecule has 0 saturated carbocycles. The molecule has 1 N–H and O–H groups in total. The third-order valence-electron chi connectivity index (χ3n) is 4.28. The van der Waals surface area contributed by atoms with Gasteiger partial charge in [-0.2, -0.15) is 0 Å². The van der Waals surface area contributed by atoms with Crippen molar-refractivity contribution in [1.82, 2.24) is 5.32 Å². The number of hydrogen-bond acceptors (Lipinski definition) is 1. The van der Waals surface area contributed by atoms with Crippen LogP contribution in [-0.4, -0.2) is 13.1 Å². The molecule has 1 aliphatic heterocycles. The van der Waals surface area contributed by atoms with E-state index in [1.165, 1.54) is 34.2 Å². The van der Waals surface area contributed by atoms with Crippen molar-refractivity contribution in [2.24, 2.45) is 0 Å². The smallest absolute Gasteiger partial charge is 0.00208 e. The van der Waals surface area contributed by atoms with Crippen molar-refractivity contribution < 1.29 is 0 Å². The molecule has 1 fully saturated rings. The van der Waals surface area contributed by atoms with Gasteiger partial charge in [0.2, 0.25) is 0 Å². The molecule has 0 radical (unpaired) electrons. The molecule has 1 heterocycles. The molecule has 0 spiro atoms. The second kappa shape index (κ2) is 5.18. The Balaban J connectivity index is 2.06. The van der Waals surface area contributed by atoms with Crippen molar-refractivity contribution in [3.63, 3.8) is 0 Å². The van der Waals surface area contributed by atoms with E-state index in [-0.39, 0.29) is 0 Å². The van der Waals surface area contributed by atoms with Crippen LogP contribution in [0.1, 0.15) is 29.0 Å². The first-order valence-corrected chi connectivity index (χ1v) is 7.13. The Morgan fingerprint density at radius 2 is 1.84 bits per heavy atom. The zero-order chi connectivity index (χ0) is 13.2. The molecule has 98 valence electrons. The van der Waals surface area contributed by atoms with Crippen LogP contribution in [0.2, 0.25) is 0 Å². The molecule has 3 rings (SSSR count). The van der Waals surface area contributed by atoms with E-state index in [1.54, 1.807) is 0 Å². The summed E-state index contributed by atoms with van der Waals surface area (Å²) in [5, 5.41) is 3.47. The van der Waals surface area contributed by atoms with Crippen LogP contribution in [0.3, 0.4) is 0 Å². The Morgan fingerprint density at radius 1 is 1.00 bits per heavy atom. The maximum absolute atomic E-state index is 3.47. The zero-order valence-electron chi connectivity index (χ0n) is 11.7. The SMILES string of the molecule is Cc1ccc(-c2ccccc2C2CCNC2)cc1C. The lowest BCUT2D eigenvalue weighted by Gasteiger charge is -2.16. The third kappa shape index (κ3) is 2.43. The normalized spacial score (nSPS) is 18.7. The van der Waals surface area contributed by atoms with Crippen molar-refractivity contribution in [3.05, 3.63) is 59.2 Å². The predicted molar refractivity (Wildman–Crippen MR) is 81.6 cm³/mol. The van der Waals surface area contributed by atoms with E-state index in [4.69, 9.17) is 0 Å². The largest absolute Gasteiger partial charge is 0.316 e. The van der Waals surface area contributed by atoms with Gasteiger partial charge >= 0.3 is 0 Å². The van der Waals surface area contributed by atoms with Crippen LogP contribution in [0.25, 0.3) is 11.1 Å². The van der Waals surface area contributed by atoms with Crippen molar-refractivity contribution in [2.45, 2.75) is 26.2 Å². The van der Waals surface area contributed by atoms with E-state index in [9.17, 15) is 0 Å². The lowest BCUT2D eigenvalue weighted by molar-refractivity contribution is 0.765. The highest BCUT2D eigenvalue weighted by Crippen LogP contribution is 2.33. The van der Waals surface area contributed by atoms with E-state index in [1.807, 2.05) is 0 Å². The first-order chi connectivity index (χ1) is 9.25. The standard InChI is InChI=1S/C18H21N/c1-13-7-8-15(11-14(13)2)17-5-3-4-6-18(17)16-9-10-19-12-16/h3-8,11,16,19H,9-10,12H2,1-2H3. The quantitative estimate of drug-likeness (QED) is 0.849. The lowest BCUT2D eigenvalue weighted by Crippen LogP contribution is -2.08. The topological polar surface area (TPSA) is 12.0 Å². The Kier molecular flexibility index (Phi) is 3.39. The van der Waals surface area contributed by atoms with Crippen LogP contribution >= 0.6 is 0 Å². The van der Waals surface area contributed by atoms with Gasteiger partial charge in [0.25, 0.3) is 0 Å². The fraction of sp³-hybridized carbons (Fsp3) is 0.333. The minimum atomic E-state index is 0.665. The molecule has 0 aromatic heterocycles. The van der Waals surface area contributed by atoms with Gasteiger partial charge in [0.05, 0.1) is 0 Å². The van der Waals surface area contributed by atoms with Gasteiger partial charge in [-0.1, -0.05) is 42.5 Å². The molecule has 1 saturated heterocycles. The van der Waals surface area contributed by atoms with Gasteiger partial charge in [-0.25, -0.2) is 0 Å². The number of benzene rings is 2. The highest BCUT2D eigenvalue weighted by atomic mass is 14.9. The number of nitrogens with one attached hydrogen (secondary N) is 1. The molecule has 1 nitrogen and oxygen atoms in total. The number of rotatable bonds is 2. The van der Waals surface area contributed by atoms with Gasteiger partial charge < -0.3 is 5.32 Å². The van der Waals surface area contributed by atoms with E-state index >= 15 is 0 Å². The molecule has 1 heteroatoms. The van der Waals surface area contributed by atoms with Crippen molar-refractivity contribution in [2.75, 3.05) is 13.1 Å². The molecule has 19 heavy (non-hydrogen) atoms. The highest BCUT2D eigenvalue weighted by Gasteiger charge is 2.19. The van der Waals surface area contributed by atoms with Gasteiger partial charge in [-0.15, -0.1) is 0 Å². The van der Waals surface area contributed by atoms with Crippen molar-refractivity contribution in [3.8, 4) is 11.1 Å². The van der Waals surface area contributed by atoms with Crippen LogP contribution < -0.4 is 5.32 Å². The number of hydrogen-bond donors (Lipinski definition) is 1. The third-order valence-corrected chi connectivity index (χ3v) is 4.28. The minimum Gasteiger partial charge on any atom is -0.316 e. The summed E-state index contributed by atoms with van der Waals surface area (Å²) in [6, 6.07) is 15.7. The molecule has 0 aliphatic carbocycles. The summed E-state index contributed by atoms with van der Waals surface area (Å²) >= 11 is 0. The zero-order valence-corrected chi connectivity index (χ0v) is 11.7. The molecule has 1 unspecified atom stereocenters. The Bertz CT molecular complexity index is 580. The second-order valence-corrected chi connectivity index (χ2v) is 5.58. The van der Waals surface area contributed by atoms with Gasteiger partial charge in [-0.3, -0.25) is 0 Å². The van der Waals surface area contributed by atoms with Crippen LogP contribution in [0.15, 0.2) is 42.5 Å². The van der Waals surface area contributed by atoms with E-state index in [2.05, 4.69) is 61.6 Å². The fourth-order valence-electron chi connectivity index (χ4n) is 2.94. The molecular formula is C18H21N. The first-order valence-electron chi connectivity index (χ1n) is 7.13. The summed E-state index contributed by atoms with van der Waals surface area (Å²) in [6.45, 7) is 6.62. The Labute approximate surface area is 115 Å². The summed E-state index contributed by atoms with van der Waals surface area (Å²) in [4.78, 5) is 0. The van der Waals surface area contributed by atoms with Crippen molar-refractivity contribution in [1.29, 1.82) is 0 Å². The Hall–Kier alpha value is -1.60.